The molecule has 1 saturated heterocycles. The second-order valence-corrected chi connectivity index (χ2v) is 7.30. The summed E-state index contributed by atoms with van der Waals surface area (Å²) >= 11 is 0. The number of oxazole rings is 1. The molecule has 29 heavy (non-hydrogen) atoms. The topological polar surface area (TPSA) is 81.8 Å². The summed E-state index contributed by atoms with van der Waals surface area (Å²) in [5, 5.41) is 0. The van der Waals surface area contributed by atoms with E-state index in [9.17, 15) is 14.4 Å². The van der Waals surface area contributed by atoms with E-state index in [1.54, 1.807) is 33.7 Å². The highest BCUT2D eigenvalue weighted by molar-refractivity contribution is 5.96. The third-order valence-corrected chi connectivity index (χ3v) is 5.44. The zero-order valence-electron chi connectivity index (χ0n) is 16.4. The maximum atomic E-state index is 12.8. The lowest BCUT2D eigenvalue weighted by Crippen LogP contribution is -2.40. The Bertz CT molecular complexity index is 1120. The molecule has 1 fully saturated rings. The third kappa shape index (κ3) is 3.55. The smallest absolute Gasteiger partial charge is 0.420 e. The van der Waals surface area contributed by atoms with E-state index in [0.717, 1.165) is 11.1 Å². The highest BCUT2D eigenvalue weighted by Crippen LogP contribution is 2.27. The number of benzene rings is 2. The van der Waals surface area contributed by atoms with E-state index >= 15 is 0 Å². The fourth-order valence-corrected chi connectivity index (χ4v) is 3.87. The summed E-state index contributed by atoms with van der Waals surface area (Å²) in [5.41, 5.74) is 3.39. The maximum absolute atomic E-state index is 12.8. The second-order valence-electron chi connectivity index (χ2n) is 7.30. The van der Waals surface area contributed by atoms with Crippen molar-refractivity contribution in [2.75, 3.05) is 20.2 Å². The molecule has 1 amide bonds. The van der Waals surface area contributed by atoms with Crippen molar-refractivity contribution in [2.24, 2.45) is 0 Å². The molecule has 150 valence electrons. The summed E-state index contributed by atoms with van der Waals surface area (Å²) < 4.78 is 11.8. The standard InChI is InChI=1S/C22H22N2O5/c1-14-3-8-19-18(13-14)24(22(27)29-19)17-9-11-23(12-10-17)20(25)15-4-6-16(7-5-15)21(26)28-2/h3-8,13,17H,9-12H2,1-2H3. The van der Waals surface area contributed by atoms with Gasteiger partial charge in [0.1, 0.15) is 0 Å². The van der Waals surface area contributed by atoms with Gasteiger partial charge < -0.3 is 14.1 Å². The first-order chi connectivity index (χ1) is 14.0. The van der Waals surface area contributed by atoms with Crippen LogP contribution < -0.4 is 5.76 Å². The van der Waals surface area contributed by atoms with E-state index in [1.165, 1.54) is 7.11 Å². The van der Waals surface area contributed by atoms with Gasteiger partial charge in [-0.2, -0.15) is 0 Å². The first-order valence-electron chi connectivity index (χ1n) is 9.57. The highest BCUT2D eigenvalue weighted by atomic mass is 16.5. The molecule has 4 rings (SSSR count). The van der Waals surface area contributed by atoms with Gasteiger partial charge in [0.05, 0.1) is 18.2 Å². The Morgan fingerprint density at radius 3 is 2.34 bits per heavy atom. The largest absolute Gasteiger partial charge is 0.465 e. The van der Waals surface area contributed by atoms with Crippen molar-refractivity contribution < 1.29 is 18.7 Å². The number of rotatable bonds is 3. The normalized spacial score (nSPS) is 14.9. The van der Waals surface area contributed by atoms with E-state index in [-0.39, 0.29) is 17.7 Å². The van der Waals surface area contributed by atoms with Crippen LogP contribution in [0.3, 0.4) is 0 Å². The number of carbonyl (C=O) groups excluding carboxylic acids is 2. The number of piperidine rings is 1. The van der Waals surface area contributed by atoms with Gasteiger partial charge in [-0.1, -0.05) is 6.07 Å². The predicted octanol–water partition coefficient (Wildman–Crippen LogP) is 3.17. The minimum absolute atomic E-state index is 0.00343. The minimum atomic E-state index is -0.433. The Labute approximate surface area is 167 Å². The third-order valence-electron chi connectivity index (χ3n) is 5.44. The SMILES string of the molecule is COC(=O)c1ccc(C(=O)N2CCC(n3c(=O)oc4ccc(C)cc43)CC2)cc1. The molecular formula is C22H22N2O5. The van der Waals surface area contributed by atoms with Crippen LogP contribution in [0.2, 0.25) is 0 Å². The number of hydrogen-bond donors (Lipinski definition) is 0. The molecule has 0 radical (unpaired) electrons. The number of aryl methyl sites for hydroxylation is 1. The number of methoxy groups -OCH3 is 1. The second kappa shape index (κ2) is 7.58. The molecular weight excluding hydrogens is 372 g/mol. The van der Waals surface area contributed by atoms with Crippen molar-refractivity contribution in [3.63, 3.8) is 0 Å². The number of fused-ring (bicyclic) bond motifs is 1. The van der Waals surface area contributed by atoms with E-state index in [4.69, 9.17) is 4.42 Å². The highest BCUT2D eigenvalue weighted by Gasteiger charge is 2.27. The summed E-state index contributed by atoms with van der Waals surface area (Å²) in [4.78, 5) is 38.5. The lowest BCUT2D eigenvalue weighted by molar-refractivity contribution is 0.0599. The maximum Gasteiger partial charge on any atom is 0.420 e. The molecule has 3 aromatic rings. The molecule has 0 unspecified atom stereocenters. The number of esters is 1. The number of carbonyl (C=O) groups is 2. The zero-order valence-corrected chi connectivity index (χ0v) is 16.4. The molecule has 0 aliphatic carbocycles. The van der Waals surface area contributed by atoms with Crippen LogP contribution in [0.25, 0.3) is 11.1 Å². The van der Waals surface area contributed by atoms with Crippen LogP contribution in [0.4, 0.5) is 0 Å². The molecule has 0 spiro atoms. The van der Waals surface area contributed by atoms with Crippen LogP contribution in [0.1, 0.15) is 45.2 Å². The summed E-state index contributed by atoms with van der Waals surface area (Å²) in [7, 11) is 1.32. The van der Waals surface area contributed by atoms with Crippen LogP contribution in [0.5, 0.6) is 0 Å². The number of aromatic nitrogens is 1. The quantitative estimate of drug-likeness (QED) is 0.638. The molecule has 7 nitrogen and oxygen atoms in total. The molecule has 0 bridgehead atoms. The van der Waals surface area contributed by atoms with Crippen molar-refractivity contribution in [3.8, 4) is 0 Å². The van der Waals surface area contributed by atoms with Crippen molar-refractivity contribution in [1.82, 2.24) is 9.47 Å². The van der Waals surface area contributed by atoms with Gasteiger partial charge in [0.15, 0.2) is 5.58 Å². The number of ether oxygens (including phenoxy) is 1. The number of likely N-dealkylation sites (tertiary alicyclic amines) is 1. The summed E-state index contributed by atoms with van der Waals surface area (Å²) in [6.45, 7) is 3.08. The first kappa shape index (κ1) is 19.0. The average molecular weight is 394 g/mol. The Hall–Kier alpha value is -3.35. The van der Waals surface area contributed by atoms with E-state index in [0.29, 0.717) is 42.6 Å². The molecule has 2 aromatic carbocycles. The Balaban J connectivity index is 1.48. The molecule has 0 saturated carbocycles. The van der Waals surface area contributed by atoms with Crippen molar-refractivity contribution in [2.45, 2.75) is 25.8 Å². The average Bonchev–Trinajstić information content (AvgIpc) is 3.07. The summed E-state index contributed by atoms with van der Waals surface area (Å²) in [5.74, 6) is -0.869. The Kier molecular flexibility index (Phi) is 4.96. The molecule has 1 aromatic heterocycles. The van der Waals surface area contributed by atoms with Gasteiger partial charge in [-0.25, -0.2) is 9.59 Å². The molecule has 0 N–H and O–H groups in total. The first-order valence-corrected chi connectivity index (χ1v) is 9.57. The summed E-state index contributed by atoms with van der Waals surface area (Å²) in [6, 6.07) is 12.1. The van der Waals surface area contributed by atoms with E-state index in [2.05, 4.69) is 4.74 Å². The van der Waals surface area contributed by atoms with Crippen LogP contribution in [0, 0.1) is 6.92 Å². The van der Waals surface area contributed by atoms with E-state index < -0.39 is 5.97 Å². The Morgan fingerprint density at radius 1 is 1.03 bits per heavy atom. The van der Waals surface area contributed by atoms with Crippen molar-refractivity contribution >= 4 is 23.0 Å². The predicted molar refractivity (Wildman–Crippen MR) is 107 cm³/mol. The van der Waals surface area contributed by atoms with Crippen LogP contribution >= 0.6 is 0 Å². The molecule has 7 heteroatoms. The molecule has 0 atom stereocenters. The number of nitrogens with zero attached hydrogens (tertiary/aromatic N) is 2. The van der Waals surface area contributed by atoms with Crippen LogP contribution in [-0.4, -0.2) is 41.5 Å². The van der Waals surface area contributed by atoms with Crippen LogP contribution in [-0.2, 0) is 4.74 Å². The molecule has 2 heterocycles. The lowest BCUT2D eigenvalue weighted by atomic mass is 10.0. The minimum Gasteiger partial charge on any atom is -0.465 e. The van der Waals surface area contributed by atoms with Crippen molar-refractivity contribution in [3.05, 3.63) is 69.7 Å². The van der Waals surface area contributed by atoms with Gasteiger partial charge in [-0.3, -0.25) is 9.36 Å². The number of hydrogen-bond acceptors (Lipinski definition) is 5. The lowest BCUT2D eigenvalue weighted by Gasteiger charge is -2.32. The van der Waals surface area contributed by atoms with E-state index in [1.807, 2.05) is 25.1 Å². The van der Waals surface area contributed by atoms with Crippen LogP contribution in [0.15, 0.2) is 51.7 Å². The molecule has 1 aliphatic heterocycles. The van der Waals surface area contributed by atoms with Gasteiger partial charge in [-0.15, -0.1) is 0 Å². The van der Waals surface area contributed by atoms with Gasteiger partial charge in [0, 0.05) is 24.7 Å². The fourth-order valence-electron chi connectivity index (χ4n) is 3.87. The van der Waals surface area contributed by atoms with Gasteiger partial charge in [-0.05, 0) is 61.7 Å². The Morgan fingerprint density at radius 2 is 1.69 bits per heavy atom. The number of amides is 1. The van der Waals surface area contributed by atoms with Gasteiger partial charge in [0.25, 0.3) is 5.91 Å². The molecule has 1 aliphatic rings. The monoisotopic (exact) mass is 394 g/mol. The van der Waals surface area contributed by atoms with Gasteiger partial charge >= 0.3 is 11.7 Å². The zero-order chi connectivity index (χ0) is 20.5. The fraction of sp³-hybridized carbons (Fsp3) is 0.318. The van der Waals surface area contributed by atoms with Crippen molar-refractivity contribution in [1.29, 1.82) is 0 Å². The van der Waals surface area contributed by atoms with Gasteiger partial charge in [0.2, 0.25) is 0 Å². The summed E-state index contributed by atoms with van der Waals surface area (Å²) in [6.07, 6.45) is 1.35.